The molecule has 2 heterocycles. The fraction of sp³-hybridized carbons (Fsp3) is 0.292. The van der Waals surface area contributed by atoms with Gasteiger partial charge in [-0.05, 0) is 46.7 Å². The van der Waals surface area contributed by atoms with Gasteiger partial charge in [0.1, 0.15) is 10.1 Å². The second kappa shape index (κ2) is 8.48. The van der Waals surface area contributed by atoms with Crippen LogP contribution in [0.3, 0.4) is 0 Å². The smallest absolute Gasteiger partial charge is 0.265 e. The van der Waals surface area contributed by atoms with Gasteiger partial charge in [0.2, 0.25) is 0 Å². The maximum atomic E-state index is 12.6. The second-order valence-electron chi connectivity index (χ2n) is 8.61. The van der Waals surface area contributed by atoms with Gasteiger partial charge in [0.25, 0.3) is 11.8 Å². The Morgan fingerprint density at radius 3 is 2.55 bits per heavy atom. The van der Waals surface area contributed by atoms with E-state index >= 15 is 0 Å². The fourth-order valence-electron chi connectivity index (χ4n) is 3.54. The van der Waals surface area contributed by atoms with E-state index < -0.39 is 0 Å². The van der Waals surface area contributed by atoms with Crippen LogP contribution in [0.2, 0.25) is 0 Å². The lowest BCUT2D eigenvalue weighted by molar-refractivity contribution is -0.121. The minimum Gasteiger partial charge on any atom is -0.482 e. The Morgan fingerprint density at radius 1 is 1.16 bits per heavy atom. The van der Waals surface area contributed by atoms with E-state index in [4.69, 9.17) is 17.0 Å². The molecule has 0 saturated carbocycles. The van der Waals surface area contributed by atoms with Crippen molar-refractivity contribution in [2.24, 2.45) is 0 Å². The molecule has 7 heteroatoms. The number of nitrogens with zero attached hydrogens (tertiary/aromatic N) is 1. The summed E-state index contributed by atoms with van der Waals surface area (Å²) in [5, 5.41) is 2.61. The lowest BCUT2D eigenvalue weighted by Crippen LogP contribution is -2.40. The third kappa shape index (κ3) is 4.83. The number of benzene rings is 2. The molecule has 0 radical (unpaired) electrons. The van der Waals surface area contributed by atoms with Gasteiger partial charge in [-0.25, -0.2) is 0 Å². The van der Waals surface area contributed by atoms with Crippen LogP contribution in [-0.4, -0.2) is 29.3 Å². The predicted molar refractivity (Wildman–Crippen MR) is 129 cm³/mol. The molecule has 2 aliphatic heterocycles. The van der Waals surface area contributed by atoms with E-state index in [1.807, 2.05) is 18.2 Å². The molecule has 5 nitrogen and oxygen atoms in total. The van der Waals surface area contributed by atoms with E-state index in [-0.39, 0.29) is 23.8 Å². The molecule has 2 aromatic rings. The number of fused-ring (bicyclic) bond motifs is 1. The van der Waals surface area contributed by atoms with Crippen molar-refractivity contribution in [3.8, 4) is 5.75 Å². The maximum Gasteiger partial charge on any atom is 0.265 e. The number of rotatable bonds is 4. The molecular weight excluding hydrogens is 428 g/mol. The molecule has 160 valence electrons. The Kier molecular flexibility index (Phi) is 5.90. The van der Waals surface area contributed by atoms with Gasteiger partial charge in [0, 0.05) is 6.54 Å². The minimum absolute atomic E-state index is 0.0307. The number of carbonyl (C=O) groups excluding carboxylic acids is 2. The third-order valence-corrected chi connectivity index (χ3v) is 6.47. The van der Waals surface area contributed by atoms with Crippen molar-refractivity contribution in [3.05, 3.63) is 64.1 Å². The molecule has 0 atom stereocenters. The Labute approximate surface area is 191 Å². The third-order valence-electron chi connectivity index (χ3n) is 5.31. The van der Waals surface area contributed by atoms with Crippen molar-refractivity contribution < 1.29 is 14.3 Å². The van der Waals surface area contributed by atoms with E-state index in [0.29, 0.717) is 21.5 Å². The summed E-state index contributed by atoms with van der Waals surface area (Å²) in [6.07, 6.45) is 2.52. The van der Waals surface area contributed by atoms with Crippen molar-refractivity contribution in [1.82, 2.24) is 5.32 Å². The summed E-state index contributed by atoms with van der Waals surface area (Å²) in [4.78, 5) is 26.9. The molecule has 0 spiro atoms. The average Bonchev–Trinajstić information content (AvgIpc) is 3.03. The minimum atomic E-state index is -0.199. The number of amides is 2. The summed E-state index contributed by atoms with van der Waals surface area (Å²) < 4.78 is 6.07. The SMILES string of the molecule is CC(C)(C)c1ccc(CCN2C(=O)COc3ccc(/C=C4\SC(=S)NC4=O)cc32)cc1. The fourth-order valence-corrected chi connectivity index (χ4v) is 4.58. The first-order chi connectivity index (χ1) is 14.7. The molecule has 2 aliphatic rings. The number of thioether (sulfide) groups is 1. The molecule has 0 aliphatic carbocycles. The molecule has 31 heavy (non-hydrogen) atoms. The Balaban J connectivity index is 1.54. The van der Waals surface area contributed by atoms with E-state index in [0.717, 1.165) is 17.7 Å². The van der Waals surface area contributed by atoms with Crippen molar-refractivity contribution >= 4 is 51.9 Å². The van der Waals surface area contributed by atoms with E-state index in [1.165, 1.54) is 22.9 Å². The largest absolute Gasteiger partial charge is 0.482 e. The van der Waals surface area contributed by atoms with Crippen molar-refractivity contribution in [2.75, 3.05) is 18.1 Å². The summed E-state index contributed by atoms with van der Waals surface area (Å²) >= 11 is 6.28. The van der Waals surface area contributed by atoms with E-state index in [2.05, 4.69) is 50.4 Å². The summed E-state index contributed by atoms with van der Waals surface area (Å²) in [7, 11) is 0. The van der Waals surface area contributed by atoms with Gasteiger partial charge in [-0.2, -0.15) is 0 Å². The van der Waals surface area contributed by atoms with Gasteiger partial charge in [0.15, 0.2) is 6.61 Å². The second-order valence-corrected chi connectivity index (χ2v) is 10.3. The van der Waals surface area contributed by atoms with Gasteiger partial charge >= 0.3 is 0 Å². The van der Waals surface area contributed by atoms with Crippen LogP contribution in [0.1, 0.15) is 37.5 Å². The molecular formula is C24H24N2O3S2. The molecule has 2 amide bonds. The van der Waals surface area contributed by atoms with Gasteiger partial charge in [0.05, 0.1) is 10.6 Å². The van der Waals surface area contributed by atoms with Crippen LogP contribution in [0, 0.1) is 0 Å². The molecule has 1 saturated heterocycles. The maximum absolute atomic E-state index is 12.6. The monoisotopic (exact) mass is 452 g/mol. The molecule has 0 unspecified atom stereocenters. The zero-order valence-electron chi connectivity index (χ0n) is 17.7. The van der Waals surface area contributed by atoms with Crippen LogP contribution in [-0.2, 0) is 21.4 Å². The zero-order valence-corrected chi connectivity index (χ0v) is 19.4. The van der Waals surface area contributed by atoms with Gasteiger partial charge < -0.3 is 15.0 Å². The van der Waals surface area contributed by atoms with Crippen LogP contribution in [0.25, 0.3) is 6.08 Å². The standard InChI is InChI=1S/C24H24N2O3S2/c1-24(2,3)17-7-4-15(5-8-17)10-11-26-18-12-16(6-9-19(18)29-14-21(26)27)13-20-22(28)25-23(30)31-20/h4-9,12-13H,10-11,14H2,1-3H3,(H,25,28,30)/b20-13-. The molecule has 0 bridgehead atoms. The number of hydrogen-bond donors (Lipinski definition) is 1. The quantitative estimate of drug-likeness (QED) is 0.549. The predicted octanol–water partition coefficient (Wildman–Crippen LogP) is 4.44. The van der Waals surface area contributed by atoms with Gasteiger partial charge in [-0.1, -0.05) is 75.1 Å². The van der Waals surface area contributed by atoms with Crippen molar-refractivity contribution in [1.29, 1.82) is 0 Å². The first kappa shape index (κ1) is 21.6. The highest BCUT2D eigenvalue weighted by Gasteiger charge is 2.26. The van der Waals surface area contributed by atoms with Crippen LogP contribution in [0.5, 0.6) is 5.75 Å². The van der Waals surface area contributed by atoms with Gasteiger partial charge in [-0.3, -0.25) is 9.59 Å². The Morgan fingerprint density at radius 2 is 1.90 bits per heavy atom. The van der Waals surface area contributed by atoms with Crippen molar-refractivity contribution in [2.45, 2.75) is 32.6 Å². The van der Waals surface area contributed by atoms with Crippen molar-refractivity contribution in [3.63, 3.8) is 0 Å². The normalized spacial score (nSPS) is 17.6. The molecule has 4 rings (SSSR count). The average molecular weight is 453 g/mol. The highest BCUT2D eigenvalue weighted by atomic mass is 32.2. The van der Waals surface area contributed by atoms with Crippen LogP contribution >= 0.6 is 24.0 Å². The first-order valence-electron chi connectivity index (χ1n) is 10.1. The van der Waals surface area contributed by atoms with Crippen LogP contribution in [0.4, 0.5) is 5.69 Å². The highest BCUT2D eigenvalue weighted by molar-refractivity contribution is 8.26. The van der Waals surface area contributed by atoms with E-state index in [9.17, 15) is 9.59 Å². The Hall–Kier alpha value is -2.64. The number of anilines is 1. The molecule has 1 N–H and O–H groups in total. The lowest BCUT2D eigenvalue weighted by Gasteiger charge is -2.30. The molecule has 1 fully saturated rings. The number of carbonyl (C=O) groups is 2. The summed E-state index contributed by atoms with van der Waals surface area (Å²) in [5.41, 5.74) is 4.12. The number of nitrogens with one attached hydrogen (secondary N) is 1. The van der Waals surface area contributed by atoms with E-state index in [1.54, 1.807) is 11.0 Å². The summed E-state index contributed by atoms with van der Waals surface area (Å²) in [6.45, 7) is 7.17. The topological polar surface area (TPSA) is 58.6 Å². The van der Waals surface area contributed by atoms with Crippen LogP contribution in [0.15, 0.2) is 47.4 Å². The first-order valence-corrected chi connectivity index (χ1v) is 11.3. The molecule has 2 aromatic carbocycles. The summed E-state index contributed by atoms with van der Waals surface area (Å²) in [6, 6.07) is 14.2. The highest BCUT2D eigenvalue weighted by Crippen LogP contribution is 2.35. The van der Waals surface area contributed by atoms with Crippen LogP contribution < -0.4 is 15.0 Å². The number of hydrogen-bond acceptors (Lipinski definition) is 5. The number of ether oxygens (including phenoxy) is 1. The number of thiocarbonyl (C=S) groups is 1. The zero-order chi connectivity index (χ0) is 22.2. The lowest BCUT2D eigenvalue weighted by atomic mass is 9.86. The Bertz CT molecular complexity index is 1080. The van der Waals surface area contributed by atoms with Gasteiger partial charge in [-0.15, -0.1) is 0 Å². The summed E-state index contributed by atoms with van der Waals surface area (Å²) in [5.74, 6) is 0.400. The molecule has 0 aromatic heterocycles.